The molecule has 0 aliphatic carbocycles. The molecule has 15 heavy (non-hydrogen) atoms. The molecule has 0 amide bonds. The van der Waals surface area contributed by atoms with Crippen LogP contribution in [-0.2, 0) is 0 Å². The molecule has 1 atom stereocenters. The third-order valence-electron chi connectivity index (χ3n) is 2.50. The van der Waals surface area contributed by atoms with E-state index < -0.39 is 0 Å². The maximum absolute atomic E-state index is 5.70. The molecular weight excluding hydrogens is 192 g/mol. The van der Waals surface area contributed by atoms with E-state index in [1.54, 1.807) is 0 Å². The Hall–Kier alpha value is -1.69. The van der Waals surface area contributed by atoms with Crippen molar-refractivity contribution < 1.29 is 0 Å². The summed E-state index contributed by atoms with van der Waals surface area (Å²) in [6.07, 6.45) is 2.34. The second-order valence-corrected chi connectivity index (χ2v) is 3.42. The Morgan fingerprint density at radius 1 is 1.47 bits per heavy atom. The van der Waals surface area contributed by atoms with Gasteiger partial charge in [-0.25, -0.2) is 15.0 Å². The van der Waals surface area contributed by atoms with Crippen molar-refractivity contribution in [1.29, 1.82) is 0 Å². The summed E-state index contributed by atoms with van der Waals surface area (Å²) in [6, 6.07) is 0. The monoisotopic (exact) mass is 206 g/mol. The number of nitrogens with two attached hydrogens (primary N) is 2. The molecule has 2 aromatic heterocycles. The fourth-order valence-electron chi connectivity index (χ4n) is 1.53. The molecule has 0 aliphatic heterocycles. The molecular formula is C9H14N6. The van der Waals surface area contributed by atoms with E-state index in [0.717, 1.165) is 12.2 Å². The van der Waals surface area contributed by atoms with Crippen molar-refractivity contribution in [2.75, 3.05) is 12.3 Å². The van der Waals surface area contributed by atoms with Crippen LogP contribution in [0.5, 0.6) is 0 Å². The van der Waals surface area contributed by atoms with Crippen molar-refractivity contribution in [3.8, 4) is 0 Å². The van der Waals surface area contributed by atoms with Gasteiger partial charge in [0.2, 0.25) is 0 Å². The van der Waals surface area contributed by atoms with Crippen LogP contribution in [0.15, 0.2) is 6.33 Å². The van der Waals surface area contributed by atoms with Crippen molar-refractivity contribution in [2.24, 2.45) is 5.73 Å². The average molecular weight is 206 g/mol. The van der Waals surface area contributed by atoms with Crippen molar-refractivity contribution in [1.82, 2.24) is 19.9 Å². The van der Waals surface area contributed by atoms with Crippen LogP contribution in [0.3, 0.4) is 0 Å². The Bertz CT molecular complexity index is 459. The van der Waals surface area contributed by atoms with E-state index in [1.807, 2.05) is 0 Å². The number of aromatic amines is 1. The van der Waals surface area contributed by atoms with E-state index in [1.165, 1.54) is 6.33 Å². The Morgan fingerprint density at radius 2 is 2.27 bits per heavy atom. The van der Waals surface area contributed by atoms with E-state index in [9.17, 15) is 0 Å². The number of anilines is 1. The quantitative estimate of drug-likeness (QED) is 0.673. The van der Waals surface area contributed by atoms with Crippen molar-refractivity contribution in [2.45, 2.75) is 19.3 Å². The molecule has 5 N–H and O–H groups in total. The van der Waals surface area contributed by atoms with Crippen LogP contribution >= 0.6 is 0 Å². The highest BCUT2D eigenvalue weighted by molar-refractivity contribution is 5.81. The summed E-state index contributed by atoms with van der Waals surface area (Å²) in [7, 11) is 0. The predicted molar refractivity (Wildman–Crippen MR) is 58.2 cm³/mol. The maximum atomic E-state index is 5.70. The molecule has 80 valence electrons. The molecule has 0 aliphatic rings. The van der Waals surface area contributed by atoms with E-state index in [-0.39, 0.29) is 5.92 Å². The SMILES string of the molecule is CCC(CN)c1nc2ncnc(N)c2[nH]1. The predicted octanol–water partition coefficient (Wildman–Crippen LogP) is 0.387. The normalized spacial score (nSPS) is 13.2. The molecule has 2 aromatic rings. The first kappa shape index (κ1) is 9.85. The third-order valence-corrected chi connectivity index (χ3v) is 2.50. The maximum Gasteiger partial charge on any atom is 0.183 e. The molecule has 0 radical (unpaired) electrons. The molecule has 6 heteroatoms. The van der Waals surface area contributed by atoms with Gasteiger partial charge in [-0.2, -0.15) is 0 Å². The molecule has 2 rings (SSSR count). The van der Waals surface area contributed by atoms with Crippen LogP contribution in [-0.4, -0.2) is 26.5 Å². The first-order valence-corrected chi connectivity index (χ1v) is 4.92. The molecule has 0 aromatic carbocycles. The lowest BCUT2D eigenvalue weighted by Gasteiger charge is -2.06. The Morgan fingerprint density at radius 3 is 2.87 bits per heavy atom. The van der Waals surface area contributed by atoms with Gasteiger partial charge < -0.3 is 16.5 Å². The number of hydrogen-bond donors (Lipinski definition) is 3. The zero-order chi connectivity index (χ0) is 10.8. The number of fused-ring (bicyclic) bond motifs is 1. The third kappa shape index (κ3) is 1.63. The average Bonchev–Trinajstić information content (AvgIpc) is 2.65. The molecule has 0 saturated carbocycles. The summed E-state index contributed by atoms with van der Waals surface area (Å²) in [6.45, 7) is 2.63. The number of imidazole rings is 1. The molecule has 0 spiro atoms. The number of aromatic nitrogens is 4. The molecule has 0 saturated heterocycles. The van der Waals surface area contributed by atoms with Gasteiger partial charge in [-0.15, -0.1) is 0 Å². The van der Waals surface area contributed by atoms with Crippen molar-refractivity contribution in [3.63, 3.8) is 0 Å². The largest absolute Gasteiger partial charge is 0.382 e. The molecule has 0 fully saturated rings. The number of H-pyrrole nitrogens is 1. The highest BCUT2D eigenvalue weighted by atomic mass is 15.1. The Labute approximate surface area is 87.1 Å². The van der Waals surface area contributed by atoms with Crippen LogP contribution < -0.4 is 11.5 Å². The zero-order valence-corrected chi connectivity index (χ0v) is 8.57. The van der Waals surface area contributed by atoms with Gasteiger partial charge in [0.05, 0.1) is 0 Å². The van der Waals surface area contributed by atoms with Crippen molar-refractivity contribution >= 4 is 17.0 Å². The molecule has 0 bridgehead atoms. The summed E-state index contributed by atoms with van der Waals surface area (Å²) < 4.78 is 0. The summed E-state index contributed by atoms with van der Waals surface area (Å²) in [5.41, 5.74) is 12.6. The Balaban J connectivity index is 2.51. The number of rotatable bonds is 3. The van der Waals surface area contributed by atoms with Crippen LogP contribution in [0, 0.1) is 0 Å². The van der Waals surface area contributed by atoms with Crippen LogP contribution in [0.4, 0.5) is 5.82 Å². The van der Waals surface area contributed by atoms with E-state index >= 15 is 0 Å². The second-order valence-electron chi connectivity index (χ2n) is 3.42. The minimum absolute atomic E-state index is 0.221. The summed E-state index contributed by atoms with van der Waals surface area (Å²) in [4.78, 5) is 15.4. The van der Waals surface area contributed by atoms with Gasteiger partial charge in [-0.3, -0.25) is 0 Å². The van der Waals surface area contributed by atoms with E-state index in [4.69, 9.17) is 11.5 Å². The number of nitrogens with zero attached hydrogens (tertiary/aromatic N) is 3. The smallest absolute Gasteiger partial charge is 0.183 e. The molecule has 2 heterocycles. The van der Waals surface area contributed by atoms with Crippen LogP contribution in [0.25, 0.3) is 11.2 Å². The highest BCUT2D eigenvalue weighted by Gasteiger charge is 2.14. The van der Waals surface area contributed by atoms with E-state index in [0.29, 0.717) is 23.5 Å². The minimum atomic E-state index is 0.221. The first-order chi connectivity index (χ1) is 7.26. The fraction of sp³-hybridized carbons (Fsp3) is 0.444. The Kier molecular flexibility index (Phi) is 2.51. The van der Waals surface area contributed by atoms with Gasteiger partial charge in [0.25, 0.3) is 0 Å². The lowest BCUT2D eigenvalue weighted by atomic mass is 10.1. The fourth-order valence-corrected chi connectivity index (χ4v) is 1.53. The van der Waals surface area contributed by atoms with Gasteiger partial charge in [0.15, 0.2) is 11.5 Å². The highest BCUT2D eigenvalue weighted by Crippen LogP contribution is 2.20. The summed E-state index contributed by atoms with van der Waals surface area (Å²) >= 11 is 0. The standard InChI is InChI=1S/C9H14N6/c1-2-5(3-10)8-14-6-7(11)12-4-13-9(6)15-8/h4-5H,2-3,10H2,1H3,(H3,11,12,13,14,15). The lowest BCUT2D eigenvalue weighted by molar-refractivity contribution is 0.640. The summed E-state index contributed by atoms with van der Waals surface area (Å²) in [5, 5.41) is 0. The van der Waals surface area contributed by atoms with E-state index in [2.05, 4.69) is 26.9 Å². The van der Waals surface area contributed by atoms with Crippen LogP contribution in [0.1, 0.15) is 25.1 Å². The second kappa shape index (κ2) is 3.82. The van der Waals surface area contributed by atoms with Crippen molar-refractivity contribution in [3.05, 3.63) is 12.2 Å². The van der Waals surface area contributed by atoms with Gasteiger partial charge >= 0.3 is 0 Å². The van der Waals surface area contributed by atoms with Gasteiger partial charge in [-0.1, -0.05) is 6.92 Å². The van der Waals surface area contributed by atoms with Gasteiger partial charge in [0, 0.05) is 12.5 Å². The topological polar surface area (TPSA) is 106 Å². The number of nitrogens with one attached hydrogen (secondary N) is 1. The van der Waals surface area contributed by atoms with Gasteiger partial charge in [-0.05, 0) is 6.42 Å². The minimum Gasteiger partial charge on any atom is -0.382 e. The van der Waals surface area contributed by atoms with Crippen LogP contribution in [0.2, 0.25) is 0 Å². The number of nitrogen functional groups attached to an aromatic ring is 1. The van der Waals surface area contributed by atoms with Gasteiger partial charge in [0.1, 0.15) is 17.7 Å². The number of hydrogen-bond acceptors (Lipinski definition) is 5. The lowest BCUT2D eigenvalue weighted by Crippen LogP contribution is -2.12. The zero-order valence-electron chi connectivity index (χ0n) is 8.57. The molecule has 1 unspecified atom stereocenters. The molecule has 6 nitrogen and oxygen atoms in total. The summed E-state index contributed by atoms with van der Waals surface area (Å²) in [5.74, 6) is 1.48. The first-order valence-electron chi connectivity index (χ1n) is 4.92.